The Kier molecular flexibility index (Phi) is 8.11. The van der Waals surface area contributed by atoms with Crippen LogP contribution in [0.4, 0.5) is 43.9 Å². The molecule has 182 valence electrons. The van der Waals surface area contributed by atoms with Gasteiger partial charge in [-0.1, -0.05) is 21.6 Å². The van der Waals surface area contributed by atoms with E-state index < -0.39 is 71.4 Å². The van der Waals surface area contributed by atoms with Crippen molar-refractivity contribution < 1.29 is 53.4 Å². The third-order valence-corrected chi connectivity index (χ3v) is 5.79. The van der Waals surface area contributed by atoms with E-state index in [2.05, 4.69) is 19.7 Å². The van der Waals surface area contributed by atoms with Gasteiger partial charge in [-0.15, -0.1) is 0 Å². The number of rotatable bonds is 9. The van der Waals surface area contributed by atoms with Crippen molar-refractivity contribution in [1.29, 1.82) is 0 Å². The smallest absolute Gasteiger partial charge is 0.417 e. The summed E-state index contributed by atoms with van der Waals surface area (Å²) in [5.74, 6) is -3.05. The fraction of sp³-hybridized carbons (Fsp3) is 0.571. The summed E-state index contributed by atoms with van der Waals surface area (Å²) in [5.41, 5.74) is -4.54. The molecule has 0 saturated heterocycles. The molecule has 0 aliphatic rings. The first-order valence-corrected chi connectivity index (χ1v) is 10.5. The first-order valence-electron chi connectivity index (χ1n) is 8.03. The molecule has 0 bridgehead atoms. The third kappa shape index (κ3) is 6.29. The summed E-state index contributed by atoms with van der Waals surface area (Å²) in [6, 6.07) is 0. The van der Waals surface area contributed by atoms with E-state index in [1.54, 1.807) is 0 Å². The second-order valence-electron chi connectivity index (χ2n) is 5.79. The van der Waals surface area contributed by atoms with Crippen LogP contribution < -0.4 is 9.47 Å². The quantitative estimate of drug-likeness (QED) is 0.247. The summed E-state index contributed by atoms with van der Waals surface area (Å²) >= 11 is 0. The molecule has 0 saturated carbocycles. The fourth-order valence-corrected chi connectivity index (χ4v) is 4.62. The van der Waals surface area contributed by atoms with Crippen LogP contribution >= 0.6 is 21.6 Å². The molecule has 0 aliphatic carbocycles. The van der Waals surface area contributed by atoms with Gasteiger partial charge in [-0.05, 0) is 0 Å². The molecule has 2 aromatic rings. The summed E-state index contributed by atoms with van der Waals surface area (Å²) in [5, 5.41) is 6.23. The molecule has 0 aromatic carbocycles. The van der Waals surface area contributed by atoms with Crippen LogP contribution in [0.1, 0.15) is 22.5 Å². The molecule has 0 unspecified atom stereocenters. The van der Waals surface area contributed by atoms with Crippen LogP contribution in [0.15, 0.2) is 0 Å². The second-order valence-corrected chi connectivity index (χ2v) is 8.25. The number of aromatic nitrogens is 4. The van der Waals surface area contributed by atoms with Gasteiger partial charge in [-0.25, -0.2) is 9.36 Å². The van der Waals surface area contributed by atoms with Crippen molar-refractivity contribution in [2.75, 3.05) is 0 Å². The minimum absolute atomic E-state index is 0.451. The van der Waals surface area contributed by atoms with Gasteiger partial charge >= 0.3 is 25.6 Å². The van der Waals surface area contributed by atoms with Crippen molar-refractivity contribution in [2.24, 2.45) is 14.1 Å². The number of ether oxygens (including phenoxy) is 2. The van der Waals surface area contributed by atoms with E-state index in [4.69, 9.17) is 0 Å². The minimum Gasteiger partial charge on any atom is -0.417 e. The predicted molar refractivity (Wildman–Crippen MR) is 92.3 cm³/mol. The van der Waals surface area contributed by atoms with Gasteiger partial charge < -0.3 is 9.47 Å². The minimum atomic E-state index is -5.02. The van der Waals surface area contributed by atoms with Gasteiger partial charge in [0.05, 0.1) is 11.1 Å². The zero-order valence-corrected chi connectivity index (χ0v) is 17.4. The SMILES string of the molecule is Cn1nc(C(F)(F)F)c(CSSCc2c(C(F)(F)F)nn(C)c2OC(F)F)c1OC(F)F. The van der Waals surface area contributed by atoms with Gasteiger partial charge in [0.1, 0.15) is 0 Å². The highest BCUT2D eigenvalue weighted by Gasteiger charge is 2.41. The van der Waals surface area contributed by atoms with E-state index in [0.29, 0.717) is 31.0 Å². The Hall–Kier alpha value is -1.98. The normalized spacial score (nSPS) is 12.8. The Morgan fingerprint density at radius 1 is 0.719 bits per heavy atom. The largest absolute Gasteiger partial charge is 0.435 e. The average Bonchev–Trinajstić information content (AvgIpc) is 3.09. The van der Waals surface area contributed by atoms with E-state index in [1.165, 1.54) is 0 Å². The zero-order valence-electron chi connectivity index (χ0n) is 15.8. The van der Waals surface area contributed by atoms with Crippen molar-refractivity contribution in [2.45, 2.75) is 37.1 Å². The van der Waals surface area contributed by atoms with Gasteiger partial charge in [0, 0.05) is 25.6 Å². The molecule has 0 amide bonds. The number of halogens is 10. The van der Waals surface area contributed by atoms with Gasteiger partial charge in [-0.2, -0.15) is 54.1 Å². The summed E-state index contributed by atoms with van der Waals surface area (Å²) < 4.78 is 138. The molecular weight excluding hydrogens is 510 g/mol. The first kappa shape index (κ1) is 26.3. The number of alkyl halides is 10. The molecule has 32 heavy (non-hydrogen) atoms. The maximum absolute atomic E-state index is 13.2. The van der Waals surface area contributed by atoms with Crippen molar-refractivity contribution in [3.63, 3.8) is 0 Å². The topological polar surface area (TPSA) is 54.1 Å². The van der Waals surface area contributed by atoms with Crippen molar-refractivity contribution >= 4 is 21.6 Å². The molecule has 0 spiro atoms. The van der Waals surface area contributed by atoms with E-state index >= 15 is 0 Å². The number of hydrogen-bond acceptors (Lipinski definition) is 6. The van der Waals surface area contributed by atoms with Gasteiger partial charge in [0.2, 0.25) is 11.8 Å². The van der Waals surface area contributed by atoms with Crippen molar-refractivity contribution in [3.8, 4) is 11.8 Å². The lowest BCUT2D eigenvalue weighted by Gasteiger charge is -2.11. The number of nitrogens with zero attached hydrogens (tertiary/aromatic N) is 4. The van der Waals surface area contributed by atoms with Gasteiger partial charge in [-0.3, -0.25) is 0 Å². The highest BCUT2D eigenvalue weighted by Crippen LogP contribution is 2.43. The zero-order chi connectivity index (χ0) is 24.4. The van der Waals surface area contributed by atoms with Gasteiger partial charge in [0.15, 0.2) is 11.4 Å². The highest BCUT2D eigenvalue weighted by molar-refractivity contribution is 8.76. The Labute approximate surface area is 180 Å². The molecule has 0 radical (unpaired) electrons. The molecule has 0 fully saturated rings. The Balaban J connectivity index is 2.24. The van der Waals surface area contributed by atoms with Crippen LogP contribution in [0, 0.1) is 0 Å². The van der Waals surface area contributed by atoms with Crippen molar-refractivity contribution in [3.05, 3.63) is 22.5 Å². The lowest BCUT2D eigenvalue weighted by Crippen LogP contribution is -2.10. The van der Waals surface area contributed by atoms with Crippen molar-refractivity contribution in [1.82, 2.24) is 19.6 Å². The molecule has 2 rings (SSSR count). The molecule has 6 nitrogen and oxygen atoms in total. The van der Waals surface area contributed by atoms with Crippen LogP contribution in [0.2, 0.25) is 0 Å². The molecule has 0 N–H and O–H groups in total. The fourth-order valence-electron chi connectivity index (χ4n) is 2.49. The third-order valence-electron chi connectivity index (χ3n) is 3.60. The standard InChI is InChI=1S/C14H12F10N4O2S2/c1-27-9(29-11(15)16)5(7(25-27)13(19,20)21)3-31-32-4-6-8(14(22,23)24)26-28(2)10(6)30-12(17)18/h11-12H,3-4H2,1-2H3. The van der Waals surface area contributed by atoms with Crippen LogP contribution in [0.5, 0.6) is 11.8 Å². The Morgan fingerprint density at radius 3 is 1.28 bits per heavy atom. The number of hydrogen-bond donors (Lipinski definition) is 0. The summed E-state index contributed by atoms with van der Waals surface area (Å²) in [7, 11) is 2.94. The Bertz CT molecular complexity index is 852. The van der Waals surface area contributed by atoms with Crippen LogP contribution in [0.3, 0.4) is 0 Å². The summed E-state index contributed by atoms with van der Waals surface area (Å²) in [4.78, 5) is 0. The molecule has 2 heterocycles. The van der Waals surface area contributed by atoms with E-state index in [9.17, 15) is 43.9 Å². The highest BCUT2D eigenvalue weighted by atomic mass is 33.1. The maximum Gasteiger partial charge on any atom is 0.435 e. The average molecular weight is 522 g/mol. The molecule has 0 atom stereocenters. The molecule has 0 aliphatic heterocycles. The van der Waals surface area contributed by atoms with E-state index in [-0.39, 0.29) is 0 Å². The van der Waals surface area contributed by atoms with E-state index in [0.717, 1.165) is 14.1 Å². The molecule has 18 heteroatoms. The summed E-state index contributed by atoms with van der Waals surface area (Å²) in [6.07, 6.45) is -10.0. The lowest BCUT2D eigenvalue weighted by molar-refractivity contribution is -0.142. The molecular formula is C14H12F10N4O2S2. The van der Waals surface area contributed by atoms with Crippen LogP contribution in [-0.4, -0.2) is 32.8 Å². The summed E-state index contributed by atoms with van der Waals surface area (Å²) in [6.45, 7) is -6.91. The monoisotopic (exact) mass is 522 g/mol. The Morgan fingerprint density at radius 2 is 1.03 bits per heavy atom. The predicted octanol–water partition coefficient (Wildman–Crippen LogP) is 5.48. The van der Waals surface area contributed by atoms with Crippen LogP contribution in [-0.2, 0) is 38.0 Å². The second kappa shape index (κ2) is 9.88. The lowest BCUT2D eigenvalue weighted by atomic mass is 10.2. The van der Waals surface area contributed by atoms with E-state index in [1.807, 2.05) is 0 Å². The first-order chi connectivity index (χ1) is 14.6. The van der Waals surface area contributed by atoms with Gasteiger partial charge in [0.25, 0.3) is 0 Å². The number of aryl methyl sites for hydroxylation is 2. The van der Waals surface area contributed by atoms with Crippen LogP contribution in [0.25, 0.3) is 0 Å². The molecule has 2 aromatic heterocycles. The maximum atomic E-state index is 13.2.